The summed E-state index contributed by atoms with van der Waals surface area (Å²) in [5.41, 5.74) is 0. The molecule has 0 N–H and O–H groups in total. The highest BCUT2D eigenvalue weighted by molar-refractivity contribution is 4.70. The van der Waals surface area contributed by atoms with Crippen LogP contribution in [0, 0.1) is 0 Å². The van der Waals surface area contributed by atoms with Crippen LogP contribution in [-0.2, 0) is 9.47 Å². The zero-order valence-electron chi connectivity index (χ0n) is 20.5. The van der Waals surface area contributed by atoms with E-state index >= 15 is 0 Å². The van der Waals surface area contributed by atoms with Crippen molar-refractivity contribution in [2.75, 3.05) is 6.61 Å². The Kier molecular flexibility index (Phi) is 17.4. The molecule has 1 aliphatic heterocycles. The Morgan fingerprint density at radius 1 is 0.552 bits per heavy atom. The molecule has 29 heavy (non-hydrogen) atoms. The van der Waals surface area contributed by atoms with Crippen molar-refractivity contribution in [2.24, 2.45) is 0 Å². The van der Waals surface area contributed by atoms with Crippen molar-refractivity contribution in [1.29, 1.82) is 0 Å². The second-order valence-electron chi connectivity index (χ2n) is 9.96. The predicted octanol–water partition coefficient (Wildman–Crippen LogP) is 9.35. The molecule has 0 aromatic rings. The molecule has 0 bridgehead atoms. The van der Waals surface area contributed by atoms with Gasteiger partial charge in [-0.2, -0.15) is 0 Å². The zero-order chi connectivity index (χ0) is 21.0. The molecule has 0 radical (unpaired) electrons. The molecular weight excluding hydrogens is 356 g/mol. The fourth-order valence-corrected chi connectivity index (χ4v) is 4.53. The summed E-state index contributed by atoms with van der Waals surface area (Å²) in [4.78, 5) is 0. The highest BCUT2D eigenvalue weighted by Crippen LogP contribution is 2.25. The van der Waals surface area contributed by atoms with Gasteiger partial charge in [0.2, 0.25) is 0 Å². The van der Waals surface area contributed by atoms with Gasteiger partial charge in [0.05, 0.1) is 12.7 Å². The Morgan fingerprint density at radius 2 is 0.897 bits per heavy atom. The quantitative estimate of drug-likeness (QED) is 0.175. The van der Waals surface area contributed by atoms with Crippen molar-refractivity contribution in [2.45, 2.75) is 167 Å². The lowest BCUT2D eigenvalue weighted by atomic mass is 10.0. The van der Waals surface area contributed by atoms with E-state index in [4.69, 9.17) is 9.47 Å². The summed E-state index contributed by atoms with van der Waals surface area (Å²) in [5.74, 6) is -0.349. The molecule has 1 aliphatic rings. The Labute approximate surface area is 183 Å². The molecule has 0 spiro atoms. The predicted molar refractivity (Wildman–Crippen MR) is 128 cm³/mol. The van der Waals surface area contributed by atoms with E-state index < -0.39 is 0 Å². The molecule has 1 saturated heterocycles. The second-order valence-corrected chi connectivity index (χ2v) is 9.96. The minimum Gasteiger partial charge on any atom is -0.348 e. The smallest absolute Gasteiger partial charge is 0.163 e. The summed E-state index contributed by atoms with van der Waals surface area (Å²) in [6, 6.07) is 0. The maximum atomic E-state index is 5.87. The highest BCUT2D eigenvalue weighted by Gasteiger charge is 2.31. The number of ether oxygens (including phenoxy) is 2. The van der Waals surface area contributed by atoms with Crippen LogP contribution in [0.5, 0.6) is 0 Å². The van der Waals surface area contributed by atoms with Crippen molar-refractivity contribution in [3.8, 4) is 0 Å². The largest absolute Gasteiger partial charge is 0.348 e. The fraction of sp³-hybridized carbons (Fsp3) is 1.00. The first kappa shape index (κ1) is 27.0. The lowest BCUT2D eigenvalue weighted by Gasteiger charge is -2.16. The normalized spacial score (nSPS) is 18.5. The zero-order valence-corrected chi connectivity index (χ0v) is 20.5. The van der Waals surface area contributed by atoms with Gasteiger partial charge >= 0.3 is 0 Å². The summed E-state index contributed by atoms with van der Waals surface area (Å²) >= 11 is 0. The Bertz CT molecular complexity index is 339. The van der Waals surface area contributed by atoms with E-state index in [-0.39, 0.29) is 5.79 Å². The minimum atomic E-state index is -0.349. The van der Waals surface area contributed by atoms with Crippen LogP contribution in [0.2, 0.25) is 0 Å². The maximum Gasteiger partial charge on any atom is 0.163 e. The third-order valence-corrected chi connectivity index (χ3v) is 6.45. The van der Waals surface area contributed by atoms with Gasteiger partial charge < -0.3 is 9.47 Å². The van der Waals surface area contributed by atoms with Crippen LogP contribution in [0.25, 0.3) is 0 Å². The molecule has 0 saturated carbocycles. The van der Waals surface area contributed by atoms with Crippen molar-refractivity contribution in [1.82, 2.24) is 0 Å². The van der Waals surface area contributed by atoms with E-state index in [1.165, 1.54) is 135 Å². The number of rotatable bonds is 21. The first-order valence-corrected chi connectivity index (χ1v) is 13.5. The molecule has 1 rings (SSSR count). The van der Waals surface area contributed by atoms with Gasteiger partial charge in [-0.1, -0.05) is 135 Å². The molecule has 2 heteroatoms. The van der Waals surface area contributed by atoms with E-state index in [0.717, 1.165) is 6.61 Å². The van der Waals surface area contributed by atoms with Crippen molar-refractivity contribution in [3.05, 3.63) is 0 Å². The third kappa shape index (κ3) is 17.3. The first-order valence-electron chi connectivity index (χ1n) is 13.5. The Hall–Kier alpha value is -0.0800. The summed E-state index contributed by atoms with van der Waals surface area (Å²) in [6.07, 6.45) is 30.3. The topological polar surface area (TPSA) is 18.5 Å². The van der Waals surface area contributed by atoms with E-state index in [1.54, 1.807) is 0 Å². The molecule has 1 heterocycles. The van der Waals surface area contributed by atoms with E-state index in [1.807, 2.05) is 13.8 Å². The number of unbranched alkanes of at least 4 members (excludes halogenated alkanes) is 19. The molecule has 0 aliphatic carbocycles. The summed E-state index contributed by atoms with van der Waals surface area (Å²) < 4.78 is 11.5. The van der Waals surface area contributed by atoms with Crippen molar-refractivity contribution < 1.29 is 9.47 Å². The number of hydrogen-bond acceptors (Lipinski definition) is 2. The summed E-state index contributed by atoms with van der Waals surface area (Å²) in [7, 11) is 0. The summed E-state index contributed by atoms with van der Waals surface area (Å²) in [5, 5.41) is 0. The molecule has 174 valence electrons. The van der Waals surface area contributed by atoms with Crippen LogP contribution in [-0.4, -0.2) is 18.5 Å². The molecule has 0 aromatic heterocycles. The van der Waals surface area contributed by atoms with Crippen LogP contribution in [0.1, 0.15) is 156 Å². The van der Waals surface area contributed by atoms with Gasteiger partial charge in [0.15, 0.2) is 5.79 Å². The van der Waals surface area contributed by atoms with Gasteiger partial charge in [-0.15, -0.1) is 0 Å². The summed E-state index contributed by atoms with van der Waals surface area (Å²) in [6.45, 7) is 7.12. The lowest BCUT2D eigenvalue weighted by molar-refractivity contribution is -0.139. The van der Waals surface area contributed by atoms with Crippen LogP contribution >= 0.6 is 0 Å². The van der Waals surface area contributed by atoms with Gasteiger partial charge in [-0.05, 0) is 20.3 Å². The molecule has 0 aromatic carbocycles. The van der Waals surface area contributed by atoms with E-state index in [2.05, 4.69) is 6.92 Å². The van der Waals surface area contributed by atoms with Gasteiger partial charge in [-0.3, -0.25) is 0 Å². The monoisotopic (exact) mass is 410 g/mol. The molecule has 1 fully saturated rings. The Morgan fingerprint density at radius 3 is 1.21 bits per heavy atom. The van der Waals surface area contributed by atoms with Gasteiger partial charge in [0.1, 0.15) is 0 Å². The van der Waals surface area contributed by atoms with Crippen LogP contribution in [0.3, 0.4) is 0 Å². The molecule has 1 atom stereocenters. The SMILES string of the molecule is CCCCCCCCCCCCCCCCCCCCCCC1COC(C)(C)O1. The lowest BCUT2D eigenvalue weighted by Crippen LogP contribution is -2.21. The molecule has 0 amide bonds. The molecular formula is C27H54O2. The average Bonchev–Trinajstić information content (AvgIpc) is 3.05. The first-order chi connectivity index (χ1) is 14.1. The minimum absolute atomic E-state index is 0.334. The maximum absolute atomic E-state index is 5.87. The third-order valence-electron chi connectivity index (χ3n) is 6.45. The van der Waals surface area contributed by atoms with Crippen LogP contribution in [0.15, 0.2) is 0 Å². The van der Waals surface area contributed by atoms with Gasteiger partial charge in [-0.25, -0.2) is 0 Å². The molecule has 2 nitrogen and oxygen atoms in total. The standard InChI is InChI=1S/C27H54O2/c1-4-5-6-7-8-9-10-11-12-13-14-15-16-17-18-19-20-21-22-23-24-26-25-28-27(2,3)29-26/h26H,4-25H2,1-3H3. The van der Waals surface area contributed by atoms with Crippen LogP contribution in [0.4, 0.5) is 0 Å². The van der Waals surface area contributed by atoms with Gasteiger partial charge in [0, 0.05) is 0 Å². The second kappa shape index (κ2) is 18.7. The Balaban J connectivity index is 1.66. The number of hydrogen-bond donors (Lipinski definition) is 0. The highest BCUT2D eigenvalue weighted by atomic mass is 16.7. The van der Waals surface area contributed by atoms with Crippen LogP contribution < -0.4 is 0 Å². The van der Waals surface area contributed by atoms with E-state index in [9.17, 15) is 0 Å². The van der Waals surface area contributed by atoms with Crippen molar-refractivity contribution >= 4 is 0 Å². The van der Waals surface area contributed by atoms with Gasteiger partial charge in [0.25, 0.3) is 0 Å². The average molecular weight is 411 g/mol. The molecule has 1 unspecified atom stereocenters. The fourth-order valence-electron chi connectivity index (χ4n) is 4.53. The van der Waals surface area contributed by atoms with Crippen molar-refractivity contribution in [3.63, 3.8) is 0 Å². The van der Waals surface area contributed by atoms with E-state index in [0.29, 0.717) is 6.10 Å².